The monoisotopic (exact) mass is 321 g/mol. The summed E-state index contributed by atoms with van der Waals surface area (Å²) in [7, 11) is 0. The first-order valence-corrected chi connectivity index (χ1v) is 8.91. The Balaban J connectivity index is 2.03. The van der Waals surface area contributed by atoms with E-state index in [9.17, 15) is 4.79 Å². The van der Waals surface area contributed by atoms with Gasteiger partial charge in [0.05, 0.1) is 0 Å². The van der Waals surface area contributed by atoms with Crippen LogP contribution in [-0.2, 0) is 4.79 Å². The van der Waals surface area contributed by atoms with Crippen LogP contribution in [0.2, 0.25) is 0 Å². The molecule has 0 spiro atoms. The van der Waals surface area contributed by atoms with Gasteiger partial charge in [-0.25, -0.2) is 0 Å². The predicted molar refractivity (Wildman–Crippen MR) is 103 cm³/mol. The molecule has 0 aliphatic carbocycles. The fourth-order valence-electron chi connectivity index (χ4n) is 2.64. The Morgan fingerprint density at radius 1 is 0.875 bits per heavy atom. The van der Waals surface area contributed by atoms with Crippen molar-refractivity contribution in [2.45, 2.75) is 39.0 Å². The molecule has 2 heteroatoms. The normalized spacial score (nSPS) is 11.3. The van der Waals surface area contributed by atoms with E-state index in [4.69, 9.17) is 0 Å². The van der Waals surface area contributed by atoms with Gasteiger partial charge in [0.25, 0.3) is 5.91 Å². The molecular formula is C22H27NO. The van der Waals surface area contributed by atoms with E-state index in [1.54, 1.807) is 0 Å². The number of carbonyl (C=O) groups excluding carboxylic acids is 1. The van der Waals surface area contributed by atoms with Gasteiger partial charge in [-0.1, -0.05) is 93.3 Å². The number of hydrogen-bond acceptors (Lipinski definition) is 1. The van der Waals surface area contributed by atoms with Crippen LogP contribution in [0.15, 0.2) is 60.7 Å². The van der Waals surface area contributed by atoms with Crippen molar-refractivity contribution in [2.24, 2.45) is 0 Å². The Kier molecular flexibility index (Phi) is 7.82. The van der Waals surface area contributed by atoms with Crippen LogP contribution in [0.5, 0.6) is 0 Å². The van der Waals surface area contributed by atoms with Crippen molar-refractivity contribution in [3.63, 3.8) is 0 Å². The lowest BCUT2D eigenvalue weighted by molar-refractivity contribution is -0.115. The van der Waals surface area contributed by atoms with Crippen LogP contribution in [0.25, 0.3) is 11.6 Å². The minimum atomic E-state index is 0.000504. The minimum Gasteiger partial charge on any atom is -0.352 e. The fourth-order valence-corrected chi connectivity index (χ4v) is 2.64. The summed E-state index contributed by atoms with van der Waals surface area (Å²) in [4.78, 5) is 12.7. The van der Waals surface area contributed by atoms with E-state index in [1.807, 2.05) is 66.7 Å². The highest BCUT2D eigenvalue weighted by Crippen LogP contribution is 2.18. The molecule has 2 aromatic carbocycles. The van der Waals surface area contributed by atoms with E-state index < -0.39 is 0 Å². The fraction of sp³-hybridized carbons (Fsp3) is 0.318. The van der Waals surface area contributed by atoms with Crippen LogP contribution in [0.4, 0.5) is 0 Å². The second-order valence-corrected chi connectivity index (χ2v) is 6.00. The summed E-state index contributed by atoms with van der Waals surface area (Å²) in [5.74, 6) is 0.000504. The Morgan fingerprint density at radius 3 is 2.17 bits per heavy atom. The lowest BCUT2D eigenvalue weighted by Crippen LogP contribution is -2.25. The molecule has 0 bridgehead atoms. The van der Waals surface area contributed by atoms with Gasteiger partial charge in [-0.3, -0.25) is 4.79 Å². The third-order valence-electron chi connectivity index (χ3n) is 4.01. The second kappa shape index (κ2) is 10.4. The van der Waals surface area contributed by atoms with Crippen LogP contribution in [0, 0.1) is 0 Å². The minimum absolute atomic E-state index is 0.000504. The summed E-state index contributed by atoms with van der Waals surface area (Å²) >= 11 is 0. The van der Waals surface area contributed by atoms with Gasteiger partial charge in [-0.2, -0.15) is 0 Å². The molecule has 2 rings (SSSR count). The van der Waals surface area contributed by atoms with Gasteiger partial charge < -0.3 is 5.32 Å². The first-order valence-electron chi connectivity index (χ1n) is 8.91. The molecule has 2 nitrogen and oxygen atoms in total. The zero-order valence-electron chi connectivity index (χ0n) is 14.5. The number of benzene rings is 2. The average molecular weight is 321 g/mol. The molecule has 126 valence electrons. The third-order valence-corrected chi connectivity index (χ3v) is 4.01. The van der Waals surface area contributed by atoms with Crippen molar-refractivity contribution < 1.29 is 4.79 Å². The van der Waals surface area contributed by atoms with E-state index in [0.717, 1.165) is 29.7 Å². The van der Waals surface area contributed by atoms with E-state index in [2.05, 4.69) is 12.2 Å². The topological polar surface area (TPSA) is 29.1 Å². The van der Waals surface area contributed by atoms with E-state index in [-0.39, 0.29) is 5.91 Å². The molecule has 0 unspecified atom stereocenters. The van der Waals surface area contributed by atoms with Gasteiger partial charge in [-0.15, -0.1) is 0 Å². The molecule has 0 atom stereocenters. The first kappa shape index (κ1) is 18.0. The number of amides is 1. The summed E-state index contributed by atoms with van der Waals surface area (Å²) in [5, 5.41) is 3.07. The summed E-state index contributed by atoms with van der Waals surface area (Å²) in [5.41, 5.74) is 2.70. The van der Waals surface area contributed by atoms with E-state index in [0.29, 0.717) is 0 Å². The van der Waals surface area contributed by atoms with Crippen molar-refractivity contribution in [3.05, 3.63) is 71.8 Å². The Labute approximate surface area is 145 Å². The van der Waals surface area contributed by atoms with Gasteiger partial charge in [0.1, 0.15) is 0 Å². The highest BCUT2D eigenvalue weighted by molar-refractivity contribution is 6.24. The molecule has 0 heterocycles. The molecule has 0 aliphatic rings. The number of unbranched alkanes of at least 4 members (excludes halogenated alkanes) is 4. The molecular weight excluding hydrogens is 294 g/mol. The Hall–Kier alpha value is -2.35. The number of hydrogen-bond donors (Lipinski definition) is 1. The lowest BCUT2D eigenvalue weighted by Gasteiger charge is -2.10. The van der Waals surface area contributed by atoms with Gasteiger partial charge in [0.15, 0.2) is 0 Å². The van der Waals surface area contributed by atoms with Crippen molar-refractivity contribution in [1.82, 2.24) is 5.32 Å². The predicted octanol–water partition coefficient (Wildman–Crippen LogP) is 5.31. The standard InChI is InChI=1S/C22H27NO/c1-2-3-4-5-12-17-23-22(24)21(20-15-10-7-11-16-20)18-19-13-8-6-9-14-19/h6-11,13-16,18H,2-5,12,17H2,1H3,(H,23,24)/b21-18-. The van der Waals surface area contributed by atoms with Crippen molar-refractivity contribution in [1.29, 1.82) is 0 Å². The molecule has 0 aromatic heterocycles. The smallest absolute Gasteiger partial charge is 0.251 e. The highest BCUT2D eigenvalue weighted by Gasteiger charge is 2.11. The molecule has 0 radical (unpaired) electrons. The molecule has 0 fully saturated rings. The Morgan fingerprint density at radius 2 is 1.50 bits per heavy atom. The van der Waals surface area contributed by atoms with E-state index >= 15 is 0 Å². The molecule has 0 aliphatic heterocycles. The third kappa shape index (κ3) is 6.04. The van der Waals surface area contributed by atoms with Crippen LogP contribution in [0.1, 0.15) is 50.2 Å². The zero-order valence-corrected chi connectivity index (χ0v) is 14.5. The second-order valence-electron chi connectivity index (χ2n) is 6.00. The van der Waals surface area contributed by atoms with Crippen LogP contribution < -0.4 is 5.32 Å². The van der Waals surface area contributed by atoms with Crippen molar-refractivity contribution in [2.75, 3.05) is 6.54 Å². The van der Waals surface area contributed by atoms with Gasteiger partial charge in [0, 0.05) is 12.1 Å². The van der Waals surface area contributed by atoms with E-state index in [1.165, 1.54) is 25.7 Å². The number of nitrogens with one attached hydrogen (secondary N) is 1. The highest BCUT2D eigenvalue weighted by atomic mass is 16.1. The summed E-state index contributed by atoms with van der Waals surface area (Å²) < 4.78 is 0. The SMILES string of the molecule is CCCCCCCNC(=O)/C(=C\c1ccccc1)c1ccccc1. The van der Waals surface area contributed by atoms with Crippen LogP contribution >= 0.6 is 0 Å². The van der Waals surface area contributed by atoms with Crippen molar-refractivity contribution in [3.8, 4) is 0 Å². The van der Waals surface area contributed by atoms with Crippen LogP contribution in [-0.4, -0.2) is 12.5 Å². The van der Waals surface area contributed by atoms with Gasteiger partial charge in [-0.05, 0) is 23.6 Å². The quantitative estimate of drug-likeness (QED) is 0.378. The molecule has 1 amide bonds. The Bertz CT molecular complexity index is 632. The summed E-state index contributed by atoms with van der Waals surface area (Å²) in [6.07, 6.45) is 7.94. The summed E-state index contributed by atoms with van der Waals surface area (Å²) in [6, 6.07) is 19.8. The summed E-state index contributed by atoms with van der Waals surface area (Å²) in [6.45, 7) is 2.95. The van der Waals surface area contributed by atoms with Crippen LogP contribution in [0.3, 0.4) is 0 Å². The number of carbonyl (C=O) groups is 1. The lowest BCUT2D eigenvalue weighted by atomic mass is 10.0. The largest absolute Gasteiger partial charge is 0.352 e. The average Bonchev–Trinajstić information content (AvgIpc) is 2.64. The zero-order chi connectivity index (χ0) is 17.0. The maximum absolute atomic E-state index is 12.7. The molecule has 0 saturated carbocycles. The molecule has 1 N–H and O–H groups in total. The molecule has 0 saturated heterocycles. The van der Waals surface area contributed by atoms with Crippen molar-refractivity contribution >= 4 is 17.6 Å². The van der Waals surface area contributed by atoms with Gasteiger partial charge >= 0.3 is 0 Å². The molecule has 2 aromatic rings. The maximum Gasteiger partial charge on any atom is 0.251 e. The first-order chi connectivity index (χ1) is 11.8. The maximum atomic E-state index is 12.7. The molecule has 24 heavy (non-hydrogen) atoms. The van der Waals surface area contributed by atoms with Gasteiger partial charge in [0.2, 0.25) is 0 Å². The number of rotatable bonds is 9.